The van der Waals surface area contributed by atoms with E-state index in [4.69, 9.17) is 14.2 Å². The number of benzene rings is 2. The monoisotopic (exact) mass is 492 g/mol. The van der Waals surface area contributed by atoms with Gasteiger partial charge in [0.15, 0.2) is 0 Å². The van der Waals surface area contributed by atoms with Gasteiger partial charge in [-0.15, -0.1) is 11.3 Å². The number of methoxy groups -OCH3 is 3. The highest BCUT2D eigenvalue weighted by molar-refractivity contribution is 7.12. The Hall–Kier alpha value is -2.87. The summed E-state index contributed by atoms with van der Waals surface area (Å²) in [5.74, 6) is 1.61. The zero-order valence-corrected chi connectivity index (χ0v) is 21.3. The molecule has 0 radical (unpaired) electrons. The first-order chi connectivity index (χ1) is 17.1. The molecule has 3 aromatic rings. The Kier molecular flexibility index (Phi) is 6.82. The molecule has 2 aliphatic rings. The lowest BCUT2D eigenvalue weighted by Crippen LogP contribution is -2.50. The van der Waals surface area contributed by atoms with E-state index in [0.29, 0.717) is 0 Å². The third-order valence-corrected chi connectivity index (χ3v) is 8.47. The number of hydrogen-bond acceptors (Lipinski definition) is 6. The maximum atomic E-state index is 13.0. The van der Waals surface area contributed by atoms with Gasteiger partial charge in [0.1, 0.15) is 11.5 Å². The van der Waals surface area contributed by atoms with Crippen molar-refractivity contribution in [3.63, 3.8) is 0 Å². The molecule has 1 aliphatic carbocycles. The normalized spacial score (nSPS) is 21.0. The van der Waals surface area contributed by atoms with Gasteiger partial charge in [-0.25, -0.2) is 0 Å². The van der Waals surface area contributed by atoms with Crippen molar-refractivity contribution < 1.29 is 19.0 Å². The second kappa shape index (κ2) is 10.0. The molecule has 0 bridgehead atoms. The zero-order chi connectivity index (χ0) is 24.4. The standard InChI is InChI=1S/C28H32N2O4S/c1-32-20-11-10-19(23(17-20)33-2)18-30-14-12-28(13-15-30)22-8-5-4-7-21(22)25(26(28)34-3)29-27(31)24-9-6-16-35-24/h4-11,16-17,25-26H,12-15,18H2,1-3H3,(H,29,31)/t25-,26+/m1/s1. The fraction of sp³-hybridized carbons (Fsp3) is 0.393. The minimum atomic E-state index is -0.168. The molecule has 1 saturated heterocycles. The molecule has 0 saturated carbocycles. The van der Waals surface area contributed by atoms with Crippen LogP contribution in [-0.4, -0.2) is 51.3 Å². The van der Waals surface area contributed by atoms with E-state index < -0.39 is 0 Å². The first-order valence-corrected chi connectivity index (χ1v) is 12.9. The van der Waals surface area contributed by atoms with Crippen LogP contribution in [-0.2, 0) is 16.7 Å². The Balaban J connectivity index is 1.36. The summed E-state index contributed by atoms with van der Waals surface area (Å²) in [6.45, 7) is 2.70. The third kappa shape index (κ3) is 4.33. The Morgan fingerprint density at radius 3 is 2.54 bits per heavy atom. The van der Waals surface area contributed by atoms with Crippen LogP contribution >= 0.6 is 11.3 Å². The highest BCUT2D eigenvalue weighted by Gasteiger charge is 2.54. The van der Waals surface area contributed by atoms with Crippen LogP contribution in [0.5, 0.6) is 11.5 Å². The van der Waals surface area contributed by atoms with E-state index in [1.165, 1.54) is 22.5 Å². The molecule has 5 rings (SSSR count). The number of likely N-dealkylation sites (tertiary alicyclic amines) is 1. The number of piperidine rings is 1. The highest BCUT2D eigenvalue weighted by Crippen LogP contribution is 2.52. The van der Waals surface area contributed by atoms with Crippen LogP contribution in [0.3, 0.4) is 0 Å². The summed E-state index contributed by atoms with van der Waals surface area (Å²) >= 11 is 1.46. The average Bonchev–Trinajstić information content (AvgIpc) is 3.52. The molecule has 2 aromatic carbocycles. The van der Waals surface area contributed by atoms with Crippen LogP contribution in [0.15, 0.2) is 60.0 Å². The molecule has 184 valence electrons. The van der Waals surface area contributed by atoms with Crippen molar-refractivity contribution >= 4 is 17.2 Å². The van der Waals surface area contributed by atoms with E-state index in [0.717, 1.165) is 54.4 Å². The first-order valence-electron chi connectivity index (χ1n) is 12.0. The number of rotatable bonds is 7. The van der Waals surface area contributed by atoms with Crippen molar-refractivity contribution in [1.82, 2.24) is 10.2 Å². The van der Waals surface area contributed by atoms with Crippen molar-refractivity contribution in [2.45, 2.75) is 36.9 Å². The number of hydrogen-bond donors (Lipinski definition) is 1. The van der Waals surface area contributed by atoms with Crippen molar-refractivity contribution in [3.8, 4) is 11.5 Å². The highest BCUT2D eigenvalue weighted by atomic mass is 32.1. The maximum Gasteiger partial charge on any atom is 0.261 e. The lowest BCUT2D eigenvalue weighted by atomic mass is 9.71. The summed E-state index contributed by atoms with van der Waals surface area (Å²) in [4.78, 5) is 16.2. The smallest absolute Gasteiger partial charge is 0.261 e. The molecular formula is C28H32N2O4S. The van der Waals surface area contributed by atoms with Crippen molar-refractivity contribution in [2.75, 3.05) is 34.4 Å². The molecule has 7 heteroatoms. The van der Waals surface area contributed by atoms with Crippen molar-refractivity contribution in [2.24, 2.45) is 0 Å². The van der Waals surface area contributed by atoms with E-state index in [-0.39, 0.29) is 23.5 Å². The molecule has 6 nitrogen and oxygen atoms in total. The van der Waals surface area contributed by atoms with Crippen molar-refractivity contribution in [3.05, 3.63) is 81.5 Å². The Bertz CT molecular complexity index is 1170. The summed E-state index contributed by atoms with van der Waals surface area (Å²) in [6, 6.07) is 18.1. The predicted molar refractivity (Wildman–Crippen MR) is 138 cm³/mol. The third-order valence-electron chi connectivity index (χ3n) is 7.60. The van der Waals surface area contributed by atoms with Crippen LogP contribution in [0.4, 0.5) is 0 Å². The summed E-state index contributed by atoms with van der Waals surface area (Å²) in [5.41, 5.74) is 3.51. The van der Waals surface area contributed by atoms with E-state index in [1.54, 1.807) is 21.3 Å². The van der Waals surface area contributed by atoms with Crippen LogP contribution in [0.25, 0.3) is 0 Å². The molecule has 0 unspecified atom stereocenters. The molecule has 1 aliphatic heterocycles. The van der Waals surface area contributed by atoms with Gasteiger partial charge in [-0.2, -0.15) is 0 Å². The minimum Gasteiger partial charge on any atom is -0.497 e. The fourth-order valence-corrected chi connectivity index (χ4v) is 6.51. The summed E-state index contributed by atoms with van der Waals surface area (Å²) in [5, 5.41) is 5.22. The van der Waals surface area contributed by atoms with Gasteiger partial charge in [-0.05, 0) is 54.6 Å². The number of thiophene rings is 1. The largest absolute Gasteiger partial charge is 0.497 e. The van der Waals surface area contributed by atoms with Crippen LogP contribution in [0.1, 0.15) is 45.2 Å². The SMILES string of the molecule is COc1ccc(CN2CCC3(CC2)c2ccccc2[C@@H](NC(=O)c2cccs2)[C@@H]3OC)c(OC)c1. The van der Waals surface area contributed by atoms with Crippen LogP contribution in [0.2, 0.25) is 0 Å². The molecule has 2 atom stereocenters. The molecule has 1 aromatic heterocycles. The van der Waals surface area contributed by atoms with Gasteiger partial charge < -0.3 is 19.5 Å². The quantitative estimate of drug-likeness (QED) is 0.514. The number of fused-ring (bicyclic) bond motifs is 2. The van der Waals surface area contributed by atoms with E-state index >= 15 is 0 Å². The van der Waals surface area contributed by atoms with E-state index in [1.807, 2.05) is 29.6 Å². The number of ether oxygens (including phenoxy) is 3. The predicted octanol–water partition coefficient (Wildman–Crippen LogP) is 4.80. The Morgan fingerprint density at radius 2 is 1.86 bits per heavy atom. The molecule has 35 heavy (non-hydrogen) atoms. The summed E-state index contributed by atoms with van der Waals surface area (Å²) < 4.78 is 17.1. The Labute approximate surface area is 210 Å². The van der Waals surface area contributed by atoms with Gasteiger partial charge in [0.25, 0.3) is 5.91 Å². The second-order valence-corrected chi connectivity index (χ2v) is 10.2. The molecular weight excluding hydrogens is 460 g/mol. The molecule has 1 amide bonds. The van der Waals surface area contributed by atoms with Gasteiger partial charge in [0.2, 0.25) is 0 Å². The Morgan fingerprint density at radius 1 is 1.06 bits per heavy atom. The number of nitrogens with one attached hydrogen (secondary N) is 1. The molecule has 1 spiro atoms. The number of carbonyl (C=O) groups excluding carboxylic acids is 1. The van der Waals surface area contributed by atoms with Gasteiger partial charge in [-0.3, -0.25) is 9.69 Å². The van der Waals surface area contributed by atoms with Crippen LogP contribution < -0.4 is 14.8 Å². The average molecular weight is 493 g/mol. The van der Waals surface area contributed by atoms with Crippen molar-refractivity contribution in [1.29, 1.82) is 0 Å². The maximum absolute atomic E-state index is 13.0. The van der Waals surface area contributed by atoms with Gasteiger partial charge in [-0.1, -0.05) is 36.4 Å². The fourth-order valence-electron chi connectivity index (χ4n) is 5.88. The van der Waals surface area contributed by atoms with Crippen LogP contribution in [0, 0.1) is 0 Å². The molecule has 2 heterocycles. The van der Waals surface area contributed by atoms with E-state index in [9.17, 15) is 4.79 Å². The molecule has 1 fully saturated rings. The minimum absolute atomic E-state index is 0.0389. The summed E-state index contributed by atoms with van der Waals surface area (Å²) in [7, 11) is 5.14. The van der Waals surface area contributed by atoms with Gasteiger partial charge >= 0.3 is 0 Å². The topological polar surface area (TPSA) is 60.0 Å². The van der Waals surface area contributed by atoms with Gasteiger partial charge in [0.05, 0.1) is 31.2 Å². The number of carbonyl (C=O) groups is 1. The summed E-state index contributed by atoms with van der Waals surface area (Å²) in [6.07, 6.45) is 1.82. The van der Waals surface area contributed by atoms with E-state index in [2.05, 4.69) is 40.5 Å². The number of nitrogens with zero attached hydrogens (tertiary/aromatic N) is 1. The number of amides is 1. The lowest BCUT2D eigenvalue weighted by Gasteiger charge is -2.44. The lowest BCUT2D eigenvalue weighted by molar-refractivity contribution is -0.0122. The van der Waals surface area contributed by atoms with Gasteiger partial charge in [0, 0.05) is 30.7 Å². The molecule has 1 N–H and O–H groups in total. The second-order valence-electron chi connectivity index (χ2n) is 9.28. The zero-order valence-electron chi connectivity index (χ0n) is 20.5. The first kappa shape index (κ1) is 23.9.